The minimum atomic E-state index is -0.00912. The number of amidine groups is 1. The number of aryl methyl sites for hydroxylation is 1. The molecule has 0 atom stereocenters. The minimum absolute atomic E-state index is 0.00912. The second-order valence-electron chi connectivity index (χ2n) is 3.97. The molecule has 0 spiro atoms. The first-order chi connectivity index (χ1) is 8.56. The molecule has 0 amide bonds. The second kappa shape index (κ2) is 5.23. The highest BCUT2D eigenvalue weighted by molar-refractivity contribution is 9.10. The molecule has 3 N–H and O–H groups in total. The summed E-state index contributed by atoms with van der Waals surface area (Å²) in [5.74, 6) is 1.29. The van der Waals surface area contributed by atoms with Crippen LogP contribution in [0.4, 0.5) is 0 Å². The summed E-state index contributed by atoms with van der Waals surface area (Å²) in [5.41, 5.74) is 7.24. The van der Waals surface area contributed by atoms with E-state index in [0.717, 1.165) is 15.8 Å². The Morgan fingerprint density at radius 2 is 2.00 bits per heavy atom. The van der Waals surface area contributed by atoms with Gasteiger partial charge in [0.15, 0.2) is 0 Å². The lowest BCUT2D eigenvalue weighted by Gasteiger charge is -2.11. The molecule has 0 aliphatic heterocycles. The van der Waals surface area contributed by atoms with E-state index in [4.69, 9.17) is 15.9 Å². The Kier molecular flexibility index (Phi) is 3.67. The second-order valence-corrected chi connectivity index (χ2v) is 4.89. The van der Waals surface area contributed by atoms with Crippen molar-refractivity contribution in [1.82, 2.24) is 0 Å². The van der Waals surface area contributed by atoms with Crippen LogP contribution >= 0.6 is 15.9 Å². The molecule has 0 fully saturated rings. The van der Waals surface area contributed by atoms with Crippen LogP contribution < -0.4 is 10.5 Å². The van der Waals surface area contributed by atoms with E-state index in [1.165, 1.54) is 0 Å². The van der Waals surface area contributed by atoms with Gasteiger partial charge in [-0.05, 0) is 42.8 Å². The molecule has 0 aliphatic rings. The molecular formula is C14H13BrN2O. The molecule has 2 aromatic carbocycles. The van der Waals surface area contributed by atoms with E-state index >= 15 is 0 Å². The van der Waals surface area contributed by atoms with E-state index in [1.807, 2.05) is 37.3 Å². The summed E-state index contributed by atoms with van der Waals surface area (Å²) in [6, 6.07) is 13.1. The van der Waals surface area contributed by atoms with E-state index in [0.29, 0.717) is 11.3 Å². The maximum Gasteiger partial charge on any atom is 0.139 e. The zero-order valence-electron chi connectivity index (χ0n) is 9.91. The van der Waals surface area contributed by atoms with Crippen LogP contribution in [0.25, 0.3) is 0 Å². The van der Waals surface area contributed by atoms with Crippen molar-refractivity contribution >= 4 is 21.8 Å². The molecule has 4 heteroatoms. The maximum absolute atomic E-state index is 7.54. The van der Waals surface area contributed by atoms with E-state index in [9.17, 15) is 0 Å². The van der Waals surface area contributed by atoms with E-state index in [-0.39, 0.29) is 5.84 Å². The molecule has 92 valence electrons. The van der Waals surface area contributed by atoms with Gasteiger partial charge >= 0.3 is 0 Å². The summed E-state index contributed by atoms with van der Waals surface area (Å²) >= 11 is 3.38. The highest BCUT2D eigenvalue weighted by Crippen LogP contribution is 2.28. The number of benzene rings is 2. The third-order valence-corrected chi connectivity index (χ3v) is 2.94. The Bertz CT molecular complexity index is 596. The summed E-state index contributed by atoms with van der Waals surface area (Å²) in [4.78, 5) is 0. The first-order valence-corrected chi connectivity index (χ1v) is 6.24. The molecule has 0 saturated heterocycles. The molecule has 0 heterocycles. The average molecular weight is 305 g/mol. The van der Waals surface area contributed by atoms with Crippen molar-refractivity contribution in [1.29, 1.82) is 5.41 Å². The minimum Gasteiger partial charge on any atom is -0.457 e. The van der Waals surface area contributed by atoms with Crippen molar-refractivity contribution in [2.45, 2.75) is 6.92 Å². The summed E-state index contributed by atoms with van der Waals surface area (Å²) in [6.07, 6.45) is 0. The van der Waals surface area contributed by atoms with Crippen molar-refractivity contribution in [2.75, 3.05) is 0 Å². The van der Waals surface area contributed by atoms with Crippen LogP contribution in [0.15, 0.2) is 46.9 Å². The standard InChI is InChI=1S/C14H13BrN2O/c1-9-3-2-4-11(7-9)18-13-8-10(15)5-6-12(13)14(16)17/h2-8H,1H3,(H3,16,17). The van der Waals surface area contributed by atoms with Crippen molar-refractivity contribution in [2.24, 2.45) is 5.73 Å². The summed E-state index contributed by atoms with van der Waals surface area (Å²) in [6.45, 7) is 2.00. The van der Waals surface area contributed by atoms with Crippen LogP contribution in [0.5, 0.6) is 11.5 Å². The summed E-state index contributed by atoms with van der Waals surface area (Å²) in [7, 11) is 0. The van der Waals surface area contributed by atoms with Gasteiger partial charge in [0, 0.05) is 4.47 Å². The number of nitrogens with two attached hydrogens (primary N) is 1. The fourth-order valence-electron chi connectivity index (χ4n) is 1.61. The van der Waals surface area contributed by atoms with Gasteiger partial charge < -0.3 is 10.5 Å². The van der Waals surface area contributed by atoms with Gasteiger partial charge in [0.2, 0.25) is 0 Å². The van der Waals surface area contributed by atoms with Crippen LogP contribution in [-0.2, 0) is 0 Å². The normalized spacial score (nSPS) is 10.1. The fourth-order valence-corrected chi connectivity index (χ4v) is 1.95. The molecule has 2 rings (SSSR count). The van der Waals surface area contributed by atoms with Gasteiger partial charge in [0.1, 0.15) is 17.3 Å². The van der Waals surface area contributed by atoms with Crippen molar-refractivity contribution < 1.29 is 4.74 Å². The summed E-state index contributed by atoms with van der Waals surface area (Å²) < 4.78 is 6.67. The molecular weight excluding hydrogens is 292 g/mol. The molecule has 18 heavy (non-hydrogen) atoms. The van der Waals surface area contributed by atoms with E-state index in [1.54, 1.807) is 12.1 Å². The third kappa shape index (κ3) is 2.90. The van der Waals surface area contributed by atoms with Gasteiger partial charge in [-0.25, -0.2) is 0 Å². The summed E-state index contributed by atoms with van der Waals surface area (Å²) in [5, 5.41) is 7.54. The quantitative estimate of drug-likeness (QED) is 0.668. The molecule has 0 radical (unpaired) electrons. The van der Waals surface area contributed by atoms with Gasteiger partial charge in [-0.15, -0.1) is 0 Å². The lowest BCUT2D eigenvalue weighted by molar-refractivity contribution is 0.481. The van der Waals surface area contributed by atoms with Crippen molar-refractivity contribution in [3.05, 3.63) is 58.1 Å². The van der Waals surface area contributed by atoms with E-state index in [2.05, 4.69) is 15.9 Å². The van der Waals surface area contributed by atoms with Crippen LogP contribution in [0.1, 0.15) is 11.1 Å². The Balaban J connectivity index is 2.39. The number of nitrogens with one attached hydrogen (secondary N) is 1. The number of hydrogen-bond donors (Lipinski definition) is 2. The van der Waals surface area contributed by atoms with E-state index < -0.39 is 0 Å². The van der Waals surface area contributed by atoms with Crippen LogP contribution in [0.2, 0.25) is 0 Å². The lowest BCUT2D eigenvalue weighted by Crippen LogP contribution is -2.12. The molecule has 0 bridgehead atoms. The molecule has 0 aliphatic carbocycles. The predicted molar refractivity (Wildman–Crippen MR) is 76.4 cm³/mol. The topological polar surface area (TPSA) is 59.1 Å². The monoisotopic (exact) mass is 304 g/mol. The van der Waals surface area contributed by atoms with Crippen LogP contribution in [-0.4, -0.2) is 5.84 Å². The Labute approximate surface area is 114 Å². The Morgan fingerprint density at radius 1 is 1.22 bits per heavy atom. The first kappa shape index (κ1) is 12.6. The Hall–Kier alpha value is -1.81. The third-order valence-electron chi connectivity index (χ3n) is 2.45. The number of nitrogen functional groups attached to an aromatic ring is 1. The first-order valence-electron chi connectivity index (χ1n) is 5.45. The van der Waals surface area contributed by atoms with Crippen LogP contribution in [0, 0.1) is 12.3 Å². The van der Waals surface area contributed by atoms with Crippen molar-refractivity contribution in [3.8, 4) is 11.5 Å². The van der Waals surface area contributed by atoms with Crippen LogP contribution in [0.3, 0.4) is 0 Å². The predicted octanol–water partition coefficient (Wildman–Crippen LogP) is 3.83. The number of halogens is 1. The molecule has 3 nitrogen and oxygen atoms in total. The number of ether oxygens (including phenoxy) is 1. The SMILES string of the molecule is Cc1cccc(Oc2cc(Br)ccc2C(=N)N)c1. The van der Waals surface area contributed by atoms with Gasteiger partial charge in [0.05, 0.1) is 5.56 Å². The lowest BCUT2D eigenvalue weighted by atomic mass is 10.2. The van der Waals surface area contributed by atoms with Gasteiger partial charge in [0.25, 0.3) is 0 Å². The number of hydrogen-bond acceptors (Lipinski definition) is 2. The highest BCUT2D eigenvalue weighted by Gasteiger charge is 2.08. The largest absolute Gasteiger partial charge is 0.457 e. The zero-order valence-corrected chi connectivity index (χ0v) is 11.5. The molecule has 0 saturated carbocycles. The maximum atomic E-state index is 7.54. The Morgan fingerprint density at radius 3 is 2.67 bits per heavy atom. The molecule has 2 aromatic rings. The average Bonchev–Trinajstić information content (AvgIpc) is 2.28. The van der Waals surface area contributed by atoms with Gasteiger partial charge in [-0.3, -0.25) is 5.41 Å². The fraction of sp³-hybridized carbons (Fsp3) is 0.0714. The number of rotatable bonds is 3. The zero-order chi connectivity index (χ0) is 13.1. The van der Waals surface area contributed by atoms with Gasteiger partial charge in [-0.1, -0.05) is 28.1 Å². The van der Waals surface area contributed by atoms with Crippen molar-refractivity contribution in [3.63, 3.8) is 0 Å². The highest BCUT2D eigenvalue weighted by atomic mass is 79.9. The van der Waals surface area contributed by atoms with Gasteiger partial charge in [-0.2, -0.15) is 0 Å². The molecule has 0 aromatic heterocycles. The smallest absolute Gasteiger partial charge is 0.139 e. The molecule has 0 unspecified atom stereocenters.